The summed E-state index contributed by atoms with van der Waals surface area (Å²) < 4.78 is 0. The third-order valence-electron chi connectivity index (χ3n) is 1.02. The Hall–Kier alpha value is -0.340. The zero-order chi connectivity index (χ0) is 7.11. The summed E-state index contributed by atoms with van der Waals surface area (Å²) in [5, 5.41) is 17.1. The quantitative estimate of drug-likeness (QED) is 0.550. The molecule has 0 aliphatic carbocycles. The van der Waals surface area contributed by atoms with Gasteiger partial charge in [-0.1, -0.05) is 19.1 Å². The fourth-order valence-electron chi connectivity index (χ4n) is 0.495. The van der Waals surface area contributed by atoms with Crippen molar-refractivity contribution in [2.75, 3.05) is 6.61 Å². The van der Waals surface area contributed by atoms with Crippen molar-refractivity contribution in [3.63, 3.8) is 0 Å². The summed E-state index contributed by atoms with van der Waals surface area (Å²) in [4.78, 5) is 0. The SMILES string of the molecule is CC/C=C/CC(O)CO. The zero-order valence-electron chi connectivity index (χ0n) is 5.75. The summed E-state index contributed by atoms with van der Waals surface area (Å²) in [5.41, 5.74) is 0. The molecule has 2 N–H and O–H groups in total. The summed E-state index contributed by atoms with van der Waals surface area (Å²) in [7, 11) is 0. The van der Waals surface area contributed by atoms with Gasteiger partial charge in [0.1, 0.15) is 0 Å². The van der Waals surface area contributed by atoms with Gasteiger partial charge in [0.15, 0.2) is 0 Å². The fraction of sp³-hybridized carbons (Fsp3) is 0.714. The minimum Gasteiger partial charge on any atom is -0.394 e. The molecule has 0 saturated carbocycles. The molecule has 0 saturated heterocycles. The van der Waals surface area contributed by atoms with E-state index >= 15 is 0 Å². The van der Waals surface area contributed by atoms with Crippen molar-refractivity contribution in [2.45, 2.75) is 25.9 Å². The van der Waals surface area contributed by atoms with E-state index in [1.807, 2.05) is 19.1 Å². The van der Waals surface area contributed by atoms with Gasteiger partial charge in [-0.2, -0.15) is 0 Å². The van der Waals surface area contributed by atoms with Crippen molar-refractivity contribution in [1.29, 1.82) is 0 Å². The molecule has 0 radical (unpaired) electrons. The van der Waals surface area contributed by atoms with E-state index in [0.717, 1.165) is 6.42 Å². The van der Waals surface area contributed by atoms with Crippen LogP contribution in [-0.4, -0.2) is 22.9 Å². The molecule has 0 fully saturated rings. The van der Waals surface area contributed by atoms with Crippen LogP contribution in [0.4, 0.5) is 0 Å². The smallest absolute Gasteiger partial charge is 0.0805 e. The molecular formula is C7H14O2. The van der Waals surface area contributed by atoms with Gasteiger partial charge in [0.25, 0.3) is 0 Å². The van der Waals surface area contributed by atoms with E-state index in [-0.39, 0.29) is 6.61 Å². The highest BCUT2D eigenvalue weighted by Gasteiger charge is 1.95. The van der Waals surface area contributed by atoms with Crippen molar-refractivity contribution in [3.8, 4) is 0 Å². The van der Waals surface area contributed by atoms with Gasteiger partial charge in [-0.15, -0.1) is 0 Å². The lowest BCUT2D eigenvalue weighted by Crippen LogP contribution is -2.09. The highest BCUT2D eigenvalue weighted by atomic mass is 16.3. The lowest BCUT2D eigenvalue weighted by molar-refractivity contribution is 0.0975. The lowest BCUT2D eigenvalue weighted by atomic mass is 10.2. The van der Waals surface area contributed by atoms with E-state index in [2.05, 4.69) is 0 Å². The lowest BCUT2D eigenvalue weighted by Gasteiger charge is -1.99. The molecule has 0 aliphatic heterocycles. The Bertz CT molecular complexity index is 79.0. The van der Waals surface area contributed by atoms with Crippen LogP contribution in [-0.2, 0) is 0 Å². The maximum atomic E-state index is 8.78. The first-order valence-electron chi connectivity index (χ1n) is 3.25. The van der Waals surface area contributed by atoms with Gasteiger partial charge in [0, 0.05) is 0 Å². The molecule has 1 atom stereocenters. The van der Waals surface area contributed by atoms with E-state index in [9.17, 15) is 0 Å². The monoisotopic (exact) mass is 130 g/mol. The number of hydrogen-bond donors (Lipinski definition) is 2. The van der Waals surface area contributed by atoms with Crippen molar-refractivity contribution in [1.82, 2.24) is 0 Å². The third kappa shape index (κ3) is 5.53. The molecular weight excluding hydrogens is 116 g/mol. The fourth-order valence-corrected chi connectivity index (χ4v) is 0.495. The predicted octanol–water partition coefficient (Wildman–Crippen LogP) is 0.696. The molecule has 0 spiro atoms. The molecule has 2 nitrogen and oxygen atoms in total. The molecule has 9 heavy (non-hydrogen) atoms. The number of aliphatic hydroxyl groups is 2. The van der Waals surface area contributed by atoms with Crippen LogP contribution in [0.1, 0.15) is 19.8 Å². The second kappa shape index (κ2) is 5.79. The van der Waals surface area contributed by atoms with Crippen molar-refractivity contribution < 1.29 is 10.2 Å². The first kappa shape index (κ1) is 8.66. The van der Waals surface area contributed by atoms with Gasteiger partial charge >= 0.3 is 0 Å². The average Bonchev–Trinajstić information content (AvgIpc) is 1.89. The zero-order valence-corrected chi connectivity index (χ0v) is 5.75. The van der Waals surface area contributed by atoms with Crippen molar-refractivity contribution >= 4 is 0 Å². The Morgan fingerprint density at radius 1 is 1.44 bits per heavy atom. The normalized spacial score (nSPS) is 14.6. The summed E-state index contributed by atoms with van der Waals surface area (Å²) in [5.74, 6) is 0. The van der Waals surface area contributed by atoms with Gasteiger partial charge in [0.2, 0.25) is 0 Å². The molecule has 2 heteroatoms. The number of aliphatic hydroxyl groups excluding tert-OH is 2. The molecule has 0 aliphatic rings. The van der Waals surface area contributed by atoms with E-state index in [1.165, 1.54) is 0 Å². The second-order valence-electron chi connectivity index (χ2n) is 1.95. The van der Waals surface area contributed by atoms with Crippen LogP contribution in [0.25, 0.3) is 0 Å². The topological polar surface area (TPSA) is 40.5 Å². The van der Waals surface area contributed by atoms with Crippen LogP contribution in [0, 0.1) is 0 Å². The molecule has 0 amide bonds. The summed E-state index contributed by atoms with van der Waals surface area (Å²) in [6.07, 6.45) is 4.82. The molecule has 0 heterocycles. The molecule has 0 aromatic heterocycles. The van der Waals surface area contributed by atoms with E-state index in [0.29, 0.717) is 6.42 Å². The minimum atomic E-state index is -0.576. The summed E-state index contributed by atoms with van der Waals surface area (Å²) in [6.45, 7) is 1.88. The Balaban J connectivity index is 3.15. The molecule has 54 valence electrons. The van der Waals surface area contributed by atoms with Crippen LogP contribution >= 0.6 is 0 Å². The van der Waals surface area contributed by atoms with Crippen LogP contribution in [0.15, 0.2) is 12.2 Å². The molecule has 0 rings (SSSR count). The van der Waals surface area contributed by atoms with Gasteiger partial charge in [0.05, 0.1) is 12.7 Å². The van der Waals surface area contributed by atoms with Gasteiger partial charge in [-0.3, -0.25) is 0 Å². The Labute approximate surface area is 55.8 Å². The van der Waals surface area contributed by atoms with Crippen molar-refractivity contribution in [3.05, 3.63) is 12.2 Å². The Kier molecular flexibility index (Phi) is 5.57. The van der Waals surface area contributed by atoms with Gasteiger partial charge in [-0.05, 0) is 12.8 Å². The largest absolute Gasteiger partial charge is 0.394 e. The van der Waals surface area contributed by atoms with Crippen LogP contribution in [0.2, 0.25) is 0 Å². The second-order valence-corrected chi connectivity index (χ2v) is 1.95. The number of rotatable bonds is 4. The molecule has 0 aromatic carbocycles. The van der Waals surface area contributed by atoms with Crippen LogP contribution in [0.5, 0.6) is 0 Å². The first-order valence-corrected chi connectivity index (χ1v) is 3.25. The van der Waals surface area contributed by atoms with Gasteiger partial charge in [-0.25, -0.2) is 0 Å². The molecule has 0 aromatic rings. The first-order chi connectivity index (χ1) is 4.31. The maximum absolute atomic E-state index is 8.78. The van der Waals surface area contributed by atoms with Crippen LogP contribution in [0.3, 0.4) is 0 Å². The predicted molar refractivity (Wildman–Crippen MR) is 37.1 cm³/mol. The highest BCUT2D eigenvalue weighted by molar-refractivity contribution is 4.82. The Morgan fingerprint density at radius 3 is 2.56 bits per heavy atom. The minimum absolute atomic E-state index is 0.145. The number of allylic oxidation sites excluding steroid dienone is 1. The van der Waals surface area contributed by atoms with Gasteiger partial charge < -0.3 is 10.2 Å². The van der Waals surface area contributed by atoms with E-state index in [1.54, 1.807) is 0 Å². The Morgan fingerprint density at radius 2 is 2.11 bits per heavy atom. The van der Waals surface area contributed by atoms with Crippen molar-refractivity contribution in [2.24, 2.45) is 0 Å². The third-order valence-corrected chi connectivity index (χ3v) is 1.02. The van der Waals surface area contributed by atoms with Crippen LogP contribution < -0.4 is 0 Å². The van der Waals surface area contributed by atoms with E-state index < -0.39 is 6.10 Å². The molecule has 0 bridgehead atoms. The maximum Gasteiger partial charge on any atom is 0.0805 e. The standard InChI is InChI=1S/C7H14O2/c1-2-3-4-5-7(9)6-8/h3-4,7-9H,2,5-6H2,1H3/b4-3+. The van der Waals surface area contributed by atoms with E-state index in [4.69, 9.17) is 10.2 Å². The number of hydrogen-bond acceptors (Lipinski definition) is 2. The summed E-state index contributed by atoms with van der Waals surface area (Å²) in [6, 6.07) is 0. The average molecular weight is 130 g/mol. The summed E-state index contributed by atoms with van der Waals surface area (Å²) >= 11 is 0. The molecule has 1 unspecified atom stereocenters. The highest BCUT2D eigenvalue weighted by Crippen LogP contribution is 1.92.